The van der Waals surface area contributed by atoms with Crippen molar-refractivity contribution in [2.24, 2.45) is 0 Å². The molecule has 1 aliphatic rings. The zero-order valence-electron chi connectivity index (χ0n) is 17.8. The number of hydrogen-bond acceptors (Lipinski definition) is 6. The number of rotatable bonds is 4. The van der Waals surface area contributed by atoms with Gasteiger partial charge in [-0.3, -0.25) is 4.79 Å². The number of pyridine rings is 1. The van der Waals surface area contributed by atoms with Crippen LogP contribution in [-0.2, 0) is 10.0 Å². The number of nitrogens with one attached hydrogen (secondary N) is 1. The summed E-state index contributed by atoms with van der Waals surface area (Å²) in [4.78, 5) is 17.3. The number of amides is 1. The van der Waals surface area contributed by atoms with Crippen molar-refractivity contribution < 1.29 is 17.9 Å². The van der Waals surface area contributed by atoms with Gasteiger partial charge < -0.3 is 15.1 Å². The van der Waals surface area contributed by atoms with Crippen molar-refractivity contribution in [1.82, 2.24) is 24.4 Å². The van der Waals surface area contributed by atoms with Crippen LogP contribution in [0.25, 0.3) is 22.3 Å². The monoisotopic (exact) mass is 498 g/mol. The van der Waals surface area contributed by atoms with Gasteiger partial charge in [0.15, 0.2) is 17.6 Å². The Hall–Kier alpha value is -3.54. The van der Waals surface area contributed by atoms with Crippen LogP contribution in [0, 0.1) is 5.21 Å². The molecule has 4 heterocycles. The van der Waals surface area contributed by atoms with E-state index in [4.69, 9.17) is 11.6 Å². The number of fused-ring (bicyclic) bond motifs is 1. The van der Waals surface area contributed by atoms with Crippen molar-refractivity contribution in [2.45, 2.75) is 5.03 Å². The molecule has 12 heteroatoms. The van der Waals surface area contributed by atoms with Crippen LogP contribution in [-0.4, -0.2) is 64.9 Å². The van der Waals surface area contributed by atoms with Crippen LogP contribution < -0.4 is 4.73 Å². The van der Waals surface area contributed by atoms with Gasteiger partial charge in [-0.25, -0.2) is 8.42 Å². The summed E-state index contributed by atoms with van der Waals surface area (Å²) in [6.45, 7) is 0.728. The van der Waals surface area contributed by atoms with Crippen LogP contribution in [0.2, 0.25) is 5.02 Å². The fraction of sp³-hybridized carbons (Fsp3) is 0.182. The van der Waals surface area contributed by atoms with E-state index in [-0.39, 0.29) is 42.8 Å². The van der Waals surface area contributed by atoms with Crippen molar-refractivity contribution >= 4 is 38.4 Å². The number of nitrogens with zero attached hydrogens (tertiary/aromatic N) is 5. The van der Waals surface area contributed by atoms with Crippen LogP contribution in [0.4, 0.5) is 0 Å². The molecule has 0 saturated carbocycles. The largest absolute Gasteiger partial charge is 0.618 e. The number of aromatic nitrogens is 4. The second kappa shape index (κ2) is 8.67. The number of benzene rings is 1. The molecule has 0 radical (unpaired) electrons. The third kappa shape index (κ3) is 4.09. The van der Waals surface area contributed by atoms with Gasteiger partial charge in [0.05, 0.1) is 0 Å². The zero-order valence-corrected chi connectivity index (χ0v) is 19.3. The van der Waals surface area contributed by atoms with Gasteiger partial charge in [-0.1, -0.05) is 11.6 Å². The van der Waals surface area contributed by atoms with E-state index < -0.39 is 10.0 Å². The van der Waals surface area contributed by atoms with Crippen LogP contribution in [0.1, 0.15) is 10.5 Å². The molecule has 1 saturated heterocycles. The zero-order chi connectivity index (χ0) is 23.9. The van der Waals surface area contributed by atoms with E-state index in [1.165, 1.54) is 21.5 Å². The van der Waals surface area contributed by atoms with Crippen LogP contribution >= 0.6 is 11.6 Å². The molecule has 3 aromatic heterocycles. The average molecular weight is 499 g/mol. The fourth-order valence-corrected chi connectivity index (χ4v) is 5.48. The number of carbonyl (C=O) groups is 1. The Kier molecular flexibility index (Phi) is 5.68. The quantitative estimate of drug-likeness (QED) is 0.339. The molecule has 5 rings (SSSR count). The van der Waals surface area contributed by atoms with Gasteiger partial charge in [-0.2, -0.15) is 9.04 Å². The minimum atomic E-state index is -3.75. The Balaban J connectivity index is 1.27. The van der Waals surface area contributed by atoms with Crippen molar-refractivity contribution in [1.29, 1.82) is 0 Å². The minimum absolute atomic E-state index is 0.0857. The van der Waals surface area contributed by atoms with Crippen molar-refractivity contribution in [3.05, 3.63) is 76.7 Å². The molecular formula is C22H19ClN6O4S. The predicted octanol–water partition coefficient (Wildman–Crippen LogP) is 2.06. The molecule has 4 aromatic rings. The number of piperazine rings is 1. The molecule has 0 bridgehead atoms. The van der Waals surface area contributed by atoms with Gasteiger partial charge in [0.25, 0.3) is 15.9 Å². The van der Waals surface area contributed by atoms with E-state index in [9.17, 15) is 18.4 Å². The SMILES string of the molecule is O=C(c1ccc(-c2cccc[n+]2[O-])nn1)N1CCN(S(=O)(=O)c2cc3cc(Cl)ccc3[nH]2)CC1. The first kappa shape index (κ1) is 22.3. The van der Waals surface area contributed by atoms with Crippen molar-refractivity contribution in [3.63, 3.8) is 0 Å². The molecule has 1 aromatic carbocycles. The lowest BCUT2D eigenvalue weighted by Crippen LogP contribution is -2.50. The molecule has 1 amide bonds. The Labute approximate surface area is 200 Å². The van der Waals surface area contributed by atoms with E-state index in [0.29, 0.717) is 32.0 Å². The molecule has 34 heavy (non-hydrogen) atoms. The van der Waals surface area contributed by atoms with Gasteiger partial charge in [-0.15, -0.1) is 10.2 Å². The smallest absolute Gasteiger partial charge is 0.274 e. The maximum Gasteiger partial charge on any atom is 0.274 e. The molecule has 174 valence electrons. The summed E-state index contributed by atoms with van der Waals surface area (Å²) < 4.78 is 28.2. The Morgan fingerprint density at radius 3 is 2.53 bits per heavy atom. The lowest BCUT2D eigenvalue weighted by molar-refractivity contribution is -0.593. The summed E-state index contributed by atoms with van der Waals surface area (Å²) in [7, 11) is -3.75. The van der Waals surface area contributed by atoms with Gasteiger partial charge in [0.2, 0.25) is 5.69 Å². The fourth-order valence-electron chi connectivity index (χ4n) is 3.86. The Bertz CT molecular complexity index is 1480. The second-order valence-electron chi connectivity index (χ2n) is 7.78. The molecule has 0 aliphatic carbocycles. The summed E-state index contributed by atoms with van der Waals surface area (Å²) in [5.41, 5.74) is 1.48. The molecule has 1 aliphatic heterocycles. The molecule has 1 N–H and O–H groups in total. The number of sulfonamides is 1. The molecule has 0 atom stereocenters. The Morgan fingerprint density at radius 1 is 1.03 bits per heavy atom. The summed E-state index contributed by atoms with van der Waals surface area (Å²) in [5, 5.41) is 21.2. The number of halogens is 1. The summed E-state index contributed by atoms with van der Waals surface area (Å²) in [6, 6.07) is 14.7. The molecule has 10 nitrogen and oxygen atoms in total. The summed E-state index contributed by atoms with van der Waals surface area (Å²) in [6.07, 6.45) is 1.36. The van der Waals surface area contributed by atoms with Gasteiger partial charge in [0, 0.05) is 54.2 Å². The van der Waals surface area contributed by atoms with Gasteiger partial charge in [-0.05, 0) is 42.5 Å². The highest BCUT2D eigenvalue weighted by Crippen LogP contribution is 2.25. The van der Waals surface area contributed by atoms with Crippen LogP contribution in [0.15, 0.2) is 65.8 Å². The van der Waals surface area contributed by atoms with E-state index in [1.54, 1.807) is 48.5 Å². The highest BCUT2D eigenvalue weighted by atomic mass is 35.5. The van der Waals surface area contributed by atoms with E-state index in [1.807, 2.05) is 0 Å². The molecule has 0 spiro atoms. The standard InChI is InChI=1S/C22H19ClN6O4S/c23-16-4-5-17-15(13-16)14-21(24-17)34(32,33)28-11-9-27(10-12-28)22(30)19-7-6-18(25-26-19)20-3-1-2-8-29(20)31/h1-8,13-14,24H,9-12H2. The highest BCUT2D eigenvalue weighted by Gasteiger charge is 2.32. The molecular weight excluding hydrogens is 480 g/mol. The number of aromatic amines is 1. The van der Waals surface area contributed by atoms with E-state index >= 15 is 0 Å². The molecule has 0 unspecified atom stereocenters. The van der Waals surface area contributed by atoms with Crippen molar-refractivity contribution in [2.75, 3.05) is 26.2 Å². The number of hydrogen-bond donors (Lipinski definition) is 1. The van der Waals surface area contributed by atoms with Gasteiger partial charge in [0.1, 0.15) is 5.03 Å². The van der Waals surface area contributed by atoms with Gasteiger partial charge >= 0.3 is 0 Å². The maximum atomic E-state index is 13.1. The maximum absolute atomic E-state index is 13.1. The molecule has 1 fully saturated rings. The minimum Gasteiger partial charge on any atom is -0.618 e. The third-order valence-corrected chi connectivity index (χ3v) is 7.73. The first-order chi connectivity index (χ1) is 16.3. The summed E-state index contributed by atoms with van der Waals surface area (Å²) >= 11 is 6.00. The summed E-state index contributed by atoms with van der Waals surface area (Å²) in [5.74, 6) is -0.348. The highest BCUT2D eigenvalue weighted by molar-refractivity contribution is 7.89. The van der Waals surface area contributed by atoms with E-state index in [0.717, 1.165) is 0 Å². The van der Waals surface area contributed by atoms with Crippen LogP contribution in [0.3, 0.4) is 0 Å². The third-order valence-electron chi connectivity index (χ3n) is 5.67. The first-order valence-electron chi connectivity index (χ1n) is 10.4. The lowest BCUT2D eigenvalue weighted by Gasteiger charge is -2.33. The second-order valence-corrected chi connectivity index (χ2v) is 10.1. The van der Waals surface area contributed by atoms with Crippen LogP contribution in [0.5, 0.6) is 0 Å². The number of H-pyrrole nitrogens is 1. The topological polar surface area (TPSA) is 126 Å². The number of carbonyl (C=O) groups excluding carboxylic acids is 1. The first-order valence-corrected chi connectivity index (χ1v) is 12.2. The average Bonchev–Trinajstić information content (AvgIpc) is 3.28. The Morgan fingerprint density at radius 2 is 1.82 bits per heavy atom. The predicted molar refractivity (Wildman–Crippen MR) is 124 cm³/mol. The van der Waals surface area contributed by atoms with Crippen molar-refractivity contribution in [3.8, 4) is 11.4 Å². The normalized spacial score (nSPS) is 15.0. The lowest BCUT2D eigenvalue weighted by atomic mass is 10.2. The van der Waals surface area contributed by atoms with E-state index in [2.05, 4.69) is 15.2 Å².